The van der Waals surface area contributed by atoms with E-state index in [1.54, 1.807) is 16.2 Å². The van der Waals surface area contributed by atoms with Crippen LogP contribution in [0.2, 0.25) is 0 Å². The van der Waals surface area contributed by atoms with E-state index in [4.69, 9.17) is 5.21 Å². The van der Waals surface area contributed by atoms with E-state index in [0.29, 0.717) is 6.04 Å². The van der Waals surface area contributed by atoms with E-state index in [9.17, 15) is 4.79 Å². The second-order valence-corrected chi connectivity index (χ2v) is 6.30. The average molecular weight is 341 g/mol. The molecule has 2 heterocycles. The summed E-state index contributed by atoms with van der Waals surface area (Å²) in [6.07, 6.45) is 8.20. The van der Waals surface area contributed by atoms with Gasteiger partial charge in [-0.1, -0.05) is 29.5 Å². The van der Waals surface area contributed by atoms with Crippen molar-refractivity contribution in [3.8, 4) is 0 Å². The fraction of sp³-hybridized carbons (Fsp3) is 0.389. The number of carbonyl (C=O) groups excluding carboxylic acids is 1. The van der Waals surface area contributed by atoms with Crippen LogP contribution in [0.25, 0.3) is 6.08 Å². The number of hydrogen-bond acceptors (Lipinski definition) is 5. The topological polar surface area (TPSA) is 83.3 Å². The van der Waals surface area contributed by atoms with Crippen LogP contribution in [0.15, 0.2) is 36.5 Å². The molecule has 7 nitrogen and oxygen atoms in total. The van der Waals surface area contributed by atoms with E-state index >= 15 is 0 Å². The number of hydroxylamine groups is 1. The minimum absolute atomic E-state index is 0.426. The van der Waals surface area contributed by atoms with Crippen molar-refractivity contribution >= 4 is 12.0 Å². The highest BCUT2D eigenvalue weighted by Crippen LogP contribution is 2.32. The molecular weight excluding hydrogens is 318 g/mol. The zero-order valence-electron chi connectivity index (χ0n) is 14.3. The summed E-state index contributed by atoms with van der Waals surface area (Å²) >= 11 is 0. The molecule has 0 bridgehead atoms. The number of carbonyl (C=O) groups is 1. The van der Waals surface area contributed by atoms with Crippen molar-refractivity contribution in [3.05, 3.63) is 53.4 Å². The van der Waals surface area contributed by atoms with Crippen LogP contribution >= 0.6 is 0 Å². The molecule has 132 valence electrons. The molecule has 0 radical (unpaired) electrons. The Morgan fingerprint density at radius 2 is 2.20 bits per heavy atom. The number of nitrogens with one attached hydrogen (secondary N) is 1. The molecule has 1 unspecified atom stereocenters. The summed E-state index contributed by atoms with van der Waals surface area (Å²) < 4.78 is 1.74. The molecular formula is C18H23N5O2. The number of benzene rings is 1. The minimum atomic E-state index is -0.532. The molecule has 1 atom stereocenters. The molecule has 1 aliphatic rings. The summed E-state index contributed by atoms with van der Waals surface area (Å²) in [5.74, 6) is -0.532. The summed E-state index contributed by atoms with van der Waals surface area (Å²) in [6, 6.07) is 8.64. The molecule has 1 fully saturated rings. The number of likely N-dealkylation sites (tertiary alicyclic amines) is 1. The lowest BCUT2D eigenvalue weighted by atomic mass is 10.0. The Bertz CT molecular complexity index is 738. The lowest BCUT2D eigenvalue weighted by Crippen LogP contribution is -2.25. The summed E-state index contributed by atoms with van der Waals surface area (Å²) in [6.45, 7) is 2.07. The van der Waals surface area contributed by atoms with Crippen molar-refractivity contribution < 1.29 is 10.0 Å². The van der Waals surface area contributed by atoms with E-state index in [1.807, 2.05) is 25.4 Å². The van der Waals surface area contributed by atoms with Crippen LogP contribution in [0.1, 0.15) is 35.7 Å². The van der Waals surface area contributed by atoms with E-state index in [0.717, 1.165) is 37.2 Å². The Morgan fingerprint density at radius 3 is 2.88 bits per heavy atom. The van der Waals surface area contributed by atoms with Crippen LogP contribution < -0.4 is 5.48 Å². The number of rotatable bonds is 6. The third-order valence-electron chi connectivity index (χ3n) is 4.53. The first-order valence-electron chi connectivity index (χ1n) is 8.47. The third kappa shape index (κ3) is 4.52. The van der Waals surface area contributed by atoms with Gasteiger partial charge in [-0.05, 0) is 36.6 Å². The fourth-order valence-corrected chi connectivity index (χ4v) is 3.28. The van der Waals surface area contributed by atoms with Gasteiger partial charge in [-0.3, -0.25) is 19.6 Å². The molecule has 1 aromatic heterocycles. The summed E-state index contributed by atoms with van der Waals surface area (Å²) in [5.41, 5.74) is 4.83. The number of hydrogen-bond donors (Lipinski definition) is 2. The molecule has 1 aromatic carbocycles. The number of aryl methyl sites for hydroxylation is 1. The molecule has 3 rings (SSSR count). The first-order valence-corrected chi connectivity index (χ1v) is 8.47. The average Bonchev–Trinajstić information content (AvgIpc) is 3.27. The van der Waals surface area contributed by atoms with Crippen molar-refractivity contribution in [2.75, 3.05) is 13.1 Å². The van der Waals surface area contributed by atoms with E-state index in [1.165, 1.54) is 18.1 Å². The molecule has 25 heavy (non-hydrogen) atoms. The van der Waals surface area contributed by atoms with Crippen LogP contribution in [0, 0.1) is 0 Å². The van der Waals surface area contributed by atoms with Gasteiger partial charge in [0.1, 0.15) is 0 Å². The smallest absolute Gasteiger partial charge is 0.267 e. The van der Waals surface area contributed by atoms with E-state index in [-0.39, 0.29) is 0 Å². The first-order chi connectivity index (χ1) is 12.2. The molecule has 1 amide bonds. The Hall–Kier alpha value is -2.51. The lowest BCUT2D eigenvalue weighted by Gasteiger charge is -2.24. The van der Waals surface area contributed by atoms with Gasteiger partial charge in [0.15, 0.2) is 0 Å². The largest absolute Gasteiger partial charge is 0.296 e. The van der Waals surface area contributed by atoms with Crippen molar-refractivity contribution in [3.63, 3.8) is 0 Å². The van der Waals surface area contributed by atoms with Gasteiger partial charge >= 0.3 is 0 Å². The quantitative estimate of drug-likeness (QED) is 0.475. The van der Waals surface area contributed by atoms with Crippen molar-refractivity contribution in [1.82, 2.24) is 25.4 Å². The predicted octanol–water partition coefficient (Wildman–Crippen LogP) is 1.71. The van der Waals surface area contributed by atoms with Gasteiger partial charge < -0.3 is 0 Å². The molecule has 0 spiro atoms. The standard InChI is InChI=1S/C18H23N5O2/c1-22-13-16(19-21-22)10-12-23-11-2-3-17(23)15-7-4-14(5-8-15)6-9-18(24)20-25/h4-9,13,17,25H,2-3,10-12H2,1H3,(H,20,24)/b9-6+. The summed E-state index contributed by atoms with van der Waals surface area (Å²) in [4.78, 5) is 13.5. The Morgan fingerprint density at radius 1 is 1.40 bits per heavy atom. The number of aromatic nitrogens is 3. The number of amides is 1. The molecule has 7 heteroatoms. The zero-order valence-corrected chi connectivity index (χ0v) is 14.3. The van der Waals surface area contributed by atoms with Crippen LogP contribution in [0.3, 0.4) is 0 Å². The predicted molar refractivity (Wildman–Crippen MR) is 93.7 cm³/mol. The van der Waals surface area contributed by atoms with E-state index < -0.39 is 5.91 Å². The lowest BCUT2D eigenvalue weighted by molar-refractivity contribution is -0.124. The molecule has 2 N–H and O–H groups in total. The zero-order chi connectivity index (χ0) is 17.6. The fourth-order valence-electron chi connectivity index (χ4n) is 3.28. The third-order valence-corrected chi connectivity index (χ3v) is 4.53. The minimum Gasteiger partial charge on any atom is -0.296 e. The van der Waals surface area contributed by atoms with Gasteiger partial charge in [-0.15, -0.1) is 5.10 Å². The number of nitrogens with zero attached hydrogens (tertiary/aromatic N) is 4. The molecule has 1 saturated heterocycles. The molecule has 2 aromatic rings. The monoisotopic (exact) mass is 341 g/mol. The van der Waals surface area contributed by atoms with Crippen LogP contribution in [-0.2, 0) is 18.3 Å². The second-order valence-electron chi connectivity index (χ2n) is 6.30. The van der Waals surface area contributed by atoms with Crippen LogP contribution in [-0.4, -0.2) is 44.1 Å². The Kier molecular flexibility index (Phi) is 5.57. The van der Waals surface area contributed by atoms with Gasteiger partial charge in [-0.25, -0.2) is 5.48 Å². The summed E-state index contributed by atoms with van der Waals surface area (Å²) in [7, 11) is 1.88. The molecule has 1 aliphatic heterocycles. The Balaban J connectivity index is 1.61. The van der Waals surface area contributed by atoms with E-state index in [2.05, 4.69) is 27.3 Å². The molecule has 0 saturated carbocycles. The van der Waals surface area contributed by atoms with Gasteiger partial charge in [-0.2, -0.15) is 0 Å². The van der Waals surface area contributed by atoms with Crippen LogP contribution in [0.5, 0.6) is 0 Å². The van der Waals surface area contributed by atoms with Gasteiger partial charge in [0.05, 0.1) is 5.69 Å². The maximum Gasteiger partial charge on any atom is 0.267 e. The highest BCUT2D eigenvalue weighted by atomic mass is 16.5. The van der Waals surface area contributed by atoms with Crippen molar-refractivity contribution in [1.29, 1.82) is 0 Å². The maximum absolute atomic E-state index is 11.0. The van der Waals surface area contributed by atoms with Crippen molar-refractivity contribution in [2.45, 2.75) is 25.3 Å². The molecule has 0 aliphatic carbocycles. The normalized spacial score (nSPS) is 18.1. The van der Waals surface area contributed by atoms with Crippen LogP contribution in [0.4, 0.5) is 0 Å². The second kappa shape index (κ2) is 8.04. The van der Waals surface area contributed by atoms with Gasteiger partial charge in [0.2, 0.25) is 0 Å². The maximum atomic E-state index is 11.0. The summed E-state index contributed by atoms with van der Waals surface area (Å²) in [5, 5.41) is 16.6. The highest BCUT2D eigenvalue weighted by Gasteiger charge is 2.25. The van der Waals surface area contributed by atoms with Gasteiger partial charge in [0, 0.05) is 38.3 Å². The van der Waals surface area contributed by atoms with Crippen molar-refractivity contribution in [2.24, 2.45) is 7.05 Å². The SMILES string of the molecule is Cn1cc(CCN2CCCC2c2ccc(/C=C/C(=O)NO)cc2)nn1. The Labute approximate surface area is 146 Å². The highest BCUT2D eigenvalue weighted by molar-refractivity contribution is 5.90. The van der Waals surface area contributed by atoms with Gasteiger partial charge in [0.25, 0.3) is 5.91 Å². The first kappa shape index (κ1) is 17.3.